The summed E-state index contributed by atoms with van der Waals surface area (Å²) in [6, 6.07) is -0.402. The van der Waals surface area contributed by atoms with Crippen LogP contribution in [0, 0.1) is 11.8 Å². The van der Waals surface area contributed by atoms with E-state index in [1.54, 1.807) is 9.80 Å². The maximum Gasteiger partial charge on any atom is 0.308 e. The maximum absolute atomic E-state index is 12.6. The largest absolute Gasteiger partial charge is 0.481 e. The molecular formula is C15H24N2O4. The summed E-state index contributed by atoms with van der Waals surface area (Å²) in [5, 5.41) is 9.03. The molecule has 6 heteroatoms. The van der Waals surface area contributed by atoms with Crippen LogP contribution in [-0.2, 0) is 14.4 Å². The standard InChI is InChI=1S/C15H24N2O4/c1-10(2)13(18)17-7-4-3-5-12(17)14(19)16-8-6-11(9-16)15(20)21/h10-12H,3-9H2,1-2H3,(H,20,21). The molecule has 0 saturated carbocycles. The van der Waals surface area contributed by atoms with Crippen LogP contribution in [0.4, 0.5) is 0 Å². The van der Waals surface area contributed by atoms with Gasteiger partial charge in [0.2, 0.25) is 11.8 Å². The first-order chi connectivity index (χ1) is 9.91. The monoisotopic (exact) mass is 296 g/mol. The van der Waals surface area contributed by atoms with Crippen molar-refractivity contribution in [2.75, 3.05) is 19.6 Å². The summed E-state index contributed by atoms with van der Waals surface area (Å²) >= 11 is 0. The lowest BCUT2D eigenvalue weighted by molar-refractivity contribution is -0.149. The highest BCUT2D eigenvalue weighted by atomic mass is 16.4. The Hall–Kier alpha value is -1.59. The van der Waals surface area contributed by atoms with Crippen molar-refractivity contribution in [1.82, 2.24) is 9.80 Å². The molecule has 2 saturated heterocycles. The Morgan fingerprint density at radius 2 is 1.81 bits per heavy atom. The van der Waals surface area contributed by atoms with E-state index in [1.165, 1.54) is 0 Å². The molecule has 0 aliphatic carbocycles. The minimum Gasteiger partial charge on any atom is -0.481 e. The lowest BCUT2D eigenvalue weighted by atomic mass is 9.99. The Bertz CT molecular complexity index is 435. The van der Waals surface area contributed by atoms with Gasteiger partial charge in [0.1, 0.15) is 6.04 Å². The highest BCUT2D eigenvalue weighted by molar-refractivity contribution is 5.89. The van der Waals surface area contributed by atoms with Crippen molar-refractivity contribution in [3.63, 3.8) is 0 Å². The van der Waals surface area contributed by atoms with Gasteiger partial charge in [-0.05, 0) is 25.7 Å². The number of aliphatic carboxylic acids is 1. The smallest absolute Gasteiger partial charge is 0.308 e. The van der Waals surface area contributed by atoms with Gasteiger partial charge in [0.15, 0.2) is 0 Å². The van der Waals surface area contributed by atoms with Gasteiger partial charge in [0, 0.05) is 25.6 Å². The average Bonchev–Trinajstić information content (AvgIpc) is 2.95. The molecule has 0 spiro atoms. The van der Waals surface area contributed by atoms with Gasteiger partial charge in [-0.25, -0.2) is 0 Å². The zero-order valence-electron chi connectivity index (χ0n) is 12.7. The van der Waals surface area contributed by atoms with Gasteiger partial charge >= 0.3 is 5.97 Å². The zero-order chi connectivity index (χ0) is 15.6. The van der Waals surface area contributed by atoms with Crippen LogP contribution in [0.25, 0.3) is 0 Å². The van der Waals surface area contributed by atoms with Gasteiger partial charge in [-0.1, -0.05) is 13.8 Å². The molecule has 0 aromatic carbocycles. The van der Waals surface area contributed by atoms with Crippen LogP contribution in [0.2, 0.25) is 0 Å². The molecule has 2 aliphatic rings. The van der Waals surface area contributed by atoms with Crippen LogP contribution in [0.15, 0.2) is 0 Å². The van der Waals surface area contributed by atoms with Crippen LogP contribution in [0.3, 0.4) is 0 Å². The second kappa shape index (κ2) is 6.45. The number of likely N-dealkylation sites (tertiary alicyclic amines) is 2. The van der Waals surface area contributed by atoms with Gasteiger partial charge in [0.05, 0.1) is 5.92 Å². The Balaban J connectivity index is 2.06. The molecule has 2 amide bonds. The number of hydrogen-bond donors (Lipinski definition) is 1. The first kappa shape index (κ1) is 15.8. The molecular weight excluding hydrogens is 272 g/mol. The number of carboxylic acid groups (broad SMARTS) is 1. The summed E-state index contributed by atoms with van der Waals surface area (Å²) in [5.74, 6) is -1.49. The lowest BCUT2D eigenvalue weighted by Gasteiger charge is -2.37. The molecule has 21 heavy (non-hydrogen) atoms. The summed E-state index contributed by atoms with van der Waals surface area (Å²) in [7, 11) is 0. The molecule has 2 heterocycles. The molecule has 2 atom stereocenters. The second-order valence-corrected chi connectivity index (χ2v) is 6.31. The predicted octanol–water partition coefficient (Wildman–Crippen LogP) is 0.957. The summed E-state index contributed by atoms with van der Waals surface area (Å²) in [5.41, 5.74) is 0. The number of nitrogens with zero attached hydrogens (tertiary/aromatic N) is 2. The molecule has 2 rings (SSSR count). The molecule has 0 aromatic heterocycles. The van der Waals surface area contributed by atoms with Crippen LogP contribution in [-0.4, -0.2) is 58.4 Å². The van der Waals surface area contributed by atoms with E-state index in [1.807, 2.05) is 13.8 Å². The summed E-state index contributed by atoms with van der Waals surface area (Å²) in [6.07, 6.45) is 3.06. The fourth-order valence-electron chi connectivity index (χ4n) is 3.16. The number of piperidine rings is 1. The Morgan fingerprint density at radius 3 is 2.38 bits per heavy atom. The number of rotatable bonds is 3. The molecule has 0 aromatic rings. The first-order valence-electron chi connectivity index (χ1n) is 7.74. The molecule has 2 aliphatic heterocycles. The quantitative estimate of drug-likeness (QED) is 0.841. The van der Waals surface area contributed by atoms with Crippen molar-refractivity contribution in [3.8, 4) is 0 Å². The molecule has 2 fully saturated rings. The minimum absolute atomic E-state index is 0.0158. The summed E-state index contributed by atoms with van der Waals surface area (Å²) in [4.78, 5) is 39.2. The Labute approximate surface area is 125 Å². The van der Waals surface area contributed by atoms with Crippen LogP contribution < -0.4 is 0 Å². The highest BCUT2D eigenvalue weighted by Crippen LogP contribution is 2.24. The van der Waals surface area contributed by atoms with E-state index in [2.05, 4.69) is 0 Å². The fourth-order valence-corrected chi connectivity index (χ4v) is 3.16. The van der Waals surface area contributed by atoms with E-state index in [-0.39, 0.29) is 24.3 Å². The molecule has 2 unspecified atom stereocenters. The van der Waals surface area contributed by atoms with E-state index < -0.39 is 17.9 Å². The predicted molar refractivity (Wildman–Crippen MR) is 76.5 cm³/mol. The SMILES string of the molecule is CC(C)C(=O)N1CCCCC1C(=O)N1CCC(C(=O)O)C1. The van der Waals surface area contributed by atoms with Crippen molar-refractivity contribution in [3.05, 3.63) is 0 Å². The van der Waals surface area contributed by atoms with Gasteiger partial charge in [-0.15, -0.1) is 0 Å². The van der Waals surface area contributed by atoms with E-state index in [9.17, 15) is 14.4 Å². The molecule has 118 valence electrons. The number of hydrogen-bond acceptors (Lipinski definition) is 3. The second-order valence-electron chi connectivity index (χ2n) is 6.31. The molecule has 6 nitrogen and oxygen atoms in total. The van der Waals surface area contributed by atoms with Crippen molar-refractivity contribution < 1.29 is 19.5 Å². The van der Waals surface area contributed by atoms with E-state index in [4.69, 9.17) is 5.11 Å². The number of carboxylic acids is 1. The van der Waals surface area contributed by atoms with Crippen LogP contribution in [0.1, 0.15) is 39.5 Å². The summed E-state index contributed by atoms with van der Waals surface area (Å²) in [6.45, 7) is 5.07. The number of carbonyl (C=O) groups excluding carboxylic acids is 2. The molecule has 0 radical (unpaired) electrons. The van der Waals surface area contributed by atoms with Crippen LogP contribution >= 0.6 is 0 Å². The Morgan fingerprint density at radius 1 is 1.10 bits per heavy atom. The number of carbonyl (C=O) groups is 3. The van der Waals surface area contributed by atoms with Crippen molar-refractivity contribution in [1.29, 1.82) is 0 Å². The van der Waals surface area contributed by atoms with Gasteiger partial charge in [-0.2, -0.15) is 0 Å². The molecule has 0 bridgehead atoms. The van der Waals surface area contributed by atoms with Crippen molar-refractivity contribution in [2.24, 2.45) is 11.8 Å². The highest BCUT2D eigenvalue weighted by Gasteiger charge is 2.39. The van der Waals surface area contributed by atoms with Crippen molar-refractivity contribution in [2.45, 2.75) is 45.6 Å². The third-order valence-corrected chi connectivity index (χ3v) is 4.41. The lowest BCUT2D eigenvalue weighted by Crippen LogP contribution is -2.53. The first-order valence-corrected chi connectivity index (χ1v) is 7.74. The van der Waals surface area contributed by atoms with Gasteiger partial charge in [-0.3, -0.25) is 14.4 Å². The normalized spacial score (nSPS) is 26.2. The van der Waals surface area contributed by atoms with Crippen LogP contribution in [0.5, 0.6) is 0 Å². The summed E-state index contributed by atoms with van der Waals surface area (Å²) < 4.78 is 0. The zero-order valence-corrected chi connectivity index (χ0v) is 12.7. The third-order valence-electron chi connectivity index (χ3n) is 4.41. The fraction of sp³-hybridized carbons (Fsp3) is 0.800. The van der Waals surface area contributed by atoms with Gasteiger partial charge in [0.25, 0.3) is 0 Å². The van der Waals surface area contributed by atoms with E-state index >= 15 is 0 Å². The Kier molecular flexibility index (Phi) is 4.85. The third kappa shape index (κ3) is 3.36. The minimum atomic E-state index is -0.843. The maximum atomic E-state index is 12.6. The van der Waals surface area contributed by atoms with Gasteiger partial charge < -0.3 is 14.9 Å². The number of amides is 2. The molecule has 1 N–H and O–H groups in total. The van der Waals surface area contributed by atoms with Crippen molar-refractivity contribution >= 4 is 17.8 Å². The average molecular weight is 296 g/mol. The van der Waals surface area contributed by atoms with E-state index in [0.29, 0.717) is 25.9 Å². The topological polar surface area (TPSA) is 77.9 Å². The van der Waals surface area contributed by atoms with E-state index in [0.717, 1.165) is 12.8 Å².